The Hall–Kier alpha value is -1.96. The van der Waals surface area contributed by atoms with Gasteiger partial charge in [-0.1, -0.05) is 5.16 Å². The summed E-state index contributed by atoms with van der Waals surface area (Å²) < 4.78 is 43.8. The second kappa shape index (κ2) is 7.16. The zero-order valence-electron chi connectivity index (χ0n) is 11.8. The minimum absolute atomic E-state index is 0.349. The van der Waals surface area contributed by atoms with E-state index >= 15 is 0 Å². The molecule has 8 heteroatoms. The van der Waals surface area contributed by atoms with Crippen LogP contribution in [0.15, 0.2) is 23.4 Å². The number of hydrogen-bond acceptors (Lipinski definition) is 4. The van der Waals surface area contributed by atoms with Crippen LogP contribution in [0.1, 0.15) is 18.1 Å². The van der Waals surface area contributed by atoms with Crippen LogP contribution >= 0.6 is 0 Å². The number of benzene rings is 1. The van der Waals surface area contributed by atoms with Gasteiger partial charge in [-0.2, -0.15) is 13.2 Å². The van der Waals surface area contributed by atoms with Gasteiger partial charge in [0, 0.05) is 31.5 Å². The second-order valence-electron chi connectivity index (χ2n) is 4.29. The minimum atomic E-state index is -4.58. The van der Waals surface area contributed by atoms with Gasteiger partial charge < -0.3 is 20.6 Å². The maximum Gasteiger partial charge on any atom is 0.417 e. The van der Waals surface area contributed by atoms with Crippen molar-refractivity contribution in [3.63, 3.8) is 0 Å². The first-order chi connectivity index (χ1) is 9.85. The number of anilines is 1. The average Bonchev–Trinajstić information content (AvgIpc) is 2.46. The third-order valence-electron chi connectivity index (χ3n) is 3.00. The molecular formula is C13H18F3N3O2. The first-order valence-corrected chi connectivity index (χ1v) is 6.28. The summed E-state index contributed by atoms with van der Waals surface area (Å²) in [5, 5.41) is 11.3. The van der Waals surface area contributed by atoms with Gasteiger partial charge >= 0.3 is 6.18 Å². The maximum atomic E-state index is 12.9. The van der Waals surface area contributed by atoms with Crippen molar-refractivity contribution in [3.05, 3.63) is 29.3 Å². The van der Waals surface area contributed by atoms with Crippen molar-refractivity contribution in [1.29, 1.82) is 0 Å². The number of nitrogens with two attached hydrogens (primary N) is 1. The number of nitrogens with zero attached hydrogens (tertiary/aromatic N) is 2. The molecule has 0 aliphatic rings. The summed E-state index contributed by atoms with van der Waals surface area (Å²) in [5.41, 5.74) is 4.62. The van der Waals surface area contributed by atoms with Crippen molar-refractivity contribution in [3.8, 4) is 0 Å². The number of rotatable bonds is 6. The molecule has 0 aliphatic carbocycles. The SMILES string of the molecule is CCN(CCOC)c1ccc(C(F)(F)F)c(/C(N)=N/O)c1. The highest BCUT2D eigenvalue weighted by Crippen LogP contribution is 2.34. The van der Waals surface area contributed by atoms with E-state index in [9.17, 15) is 13.2 Å². The highest BCUT2D eigenvalue weighted by atomic mass is 19.4. The van der Waals surface area contributed by atoms with Gasteiger partial charge in [-0.05, 0) is 25.1 Å². The van der Waals surface area contributed by atoms with E-state index in [4.69, 9.17) is 15.7 Å². The smallest absolute Gasteiger partial charge is 0.409 e. The molecular weight excluding hydrogens is 287 g/mol. The standard InChI is InChI=1S/C13H18F3N3O2/c1-3-19(6-7-21-2)9-4-5-11(13(14,15)16)10(8-9)12(17)18-20/h4-5,8,20H,3,6-7H2,1-2H3,(H2,17,18). The van der Waals surface area contributed by atoms with Crippen molar-refractivity contribution >= 4 is 11.5 Å². The first-order valence-electron chi connectivity index (χ1n) is 6.28. The molecule has 0 radical (unpaired) electrons. The van der Waals surface area contributed by atoms with Crippen LogP contribution in [0.5, 0.6) is 0 Å². The van der Waals surface area contributed by atoms with E-state index in [2.05, 4.69) is 5.16 Å². The number of alkyl halides is 3. The number of hydrogen-bond donors (Lipinski definition) is 2. The van der Waals surface area contributed by atoms with Crippen molar-refractivity contribution in [2.75, 3.05) is 31.7 Å². The average molecular weight is 305 g/mol. The minimum Gasteiger partial charge on any atom is -0.409 e. The molecule has 0 amide bonds. The summed E-state index contributed by atoms with van der Waals surface area (Å²) in [7, 11) is 1.54. The first kappa shape index (κ1) is 17.1. The lowest BCUT2D eigenvalue weighted by Gasteiger charge is -2.24. The largest absolute Gasteiger partial charge is 0.417 e. The van der Waals surface area contributed by atoms with Crippen LogP contribution in [0.2, 0.25) is 0 Å². The normalized spacial score (nSPS) is 12.5. The summed E-state index contributed by atoms with van der Waals surface area (Å²) in [6.07, 6.45) is -4.58. The number of ether oxygens (including phenoxy) is 1. The van der Waals surface area contributed by atoms with E-state index in [1.54, 1.807) is 7.11 Å². The fraction of sp³-hybridized carbons (Fsp3) is 0.462. The molecule has 0 saturated carbocycles. The van der Waals surface area contributed by atoms with Crippen LogP contribution < -0.4 is 10.6 Å². The van der Waals surface area contributed by atoms with Crippen molar-refractivity contribution in [1.82, 2.24) is 0 Å². The number of likely N-dealkylation sites (N-methyl/N-ethyl adjacent to an activating group) is 1. The monoisotopic (exact) mass is 305 g/mol. The molecule has 0 saturated heterocycles. The van der Waals surface area contributed by atoms with E-state index in [0.29, 0.717) is 25.4 Å². The van der Waals surface area contributed by atoms with Crippen LogP contribution in [0.3, 0.4) is 0 Å². The zero-order valence-corrected chi connectivity index (χ0v) is 11.8. The number of halogens is 3. The Morgan fingerprint density at radius 2 is 2.10 bits per heavy atom. The topological polar surface area (TPSA) is 71.1 Å². The Morgan fingerprint density at radius 1 is 1.43 bits per heavy atom. The summed E-state index contributed by atoms with van der Waals surface area (Å²) in [5.74, 6) is -0.577. The van der Waals surface area contributed by atoms with Gasteiger partial charge in [-0.25, -0.2) is 0 Å². The summed E-state index contributed by atoms with van der Waals surface area (Å²) >= 11 is 0. The summed E-state index contributed by atoms with van der Waals surface area (Å²) in [4.78, 5) is 1.83. The molecule has 0 spiro atoms. The van der Waals surface area contributed by atoms with E-state index in [1.165, 1.54) is 12.1 Å². The van der Waals surface area contributed by atoms with Gasteiger partial charge in [0.05, 0.1) is 12.2 Å². The van der Waals surface area contributed by atoms with Crippen LogP contribution in [0.25, 0.3) is 0 Å². The molecule has 1 aromatic carbocycles. The number of methoxy groups -OCH3 is 1. The molecule has 0 heterocycles. The highest BCUT2D eigenvalue weighted by molar-refractivity contribution is 5.99. The van der Waals surface area contributed by atoms with Crippen LogP contribution in [0.4, 0.5) is 18.9 Å². The highest BCUT2D eigenvalue weighted by Gasteiger charge is 2.34. The fourth-order valence-electron chi connectivity index (χ4n) is 1.91. The lowest BCUT2D eigenvalue weighted by molar-refractivity contribution is -0.137. The van der Waals surface area contributed by atoms with Crippen molar-refractivity contribution < 1.29 is 23.1 Å². The predicted molar refractivity (Wildman–Crippen MR) is 73.7 cm³/mol. The molecule has 1 rings (SSSR count). The molecule has 0 aromatic heterocycles. The third-order valence-corrected chi connectivity index (χ3v) is 3.00. The second-order valence-corrected chi connectivity index (χ2v) is 4.29. The Morgan fingerprint density at radius 3 is 2.57 bits per heavy atom. The van der Waals surface area contributed by atoms with Crippen molar-refractivity contribution in [2.45, 2.75) is 13.1 Å². The molecule has 0 atom stereocenters. The van der Waals surface area contributed by atoms with Crippen LogP contribution in [-0.2, 0) is 10.9 Å². The number of amidine groups is 1. The molecule has 0 bridgehead atoms. The molecule has 21 heavy (non-hydrogen) atoms. The Labute approximate surface area is 120 Å². The van der Waals surface area contributed by atoms with Crippen molar-refractivity contribution in [2.24, 2.45) is 10.9 Å². The number of oxime groups is 1. The van der Waals surface area contributed by atoms with E-state index < -0.39 is 17.6 Å². The quantitative estimate of drug-likeness (QED) is 0.366. The van der Waals surface area contributed by atoms with Gasteiger partial charge in [0.1, 0.15) is 0 Å². The van der Waals surface area contributed by atoms with Crippen LogP contribution in [0, 0.1) is 0 Å². The zero-order chi connectivity index (χ0) is 16.0. The summed E-state index contributed by atoms with van der Waals surface area (Å²) in [6, 6.07) is 3.55. The lowest BCUT2D eigenvalue weighted by atomic mass is 10.0. The molecule has 0 unspecified atom stereocenters. The fourth-order valence-corrected chi connectivity index (χ4v) is 1.91. The molecule has 3 N–H and O–H groups in total. The molecule has 0 aliphatic heterocycles. The van der Waals surface area contributed by atoms with Gasteiger partial charge in [0.2, 0.25) is 0 Å². The van der Waals surface area contributed by atoms with E-state index in [0.717, 1.165) is 6.07 Å². The Bertz CT molecular complexity index is 504. The molecule has 118 valence electrons. The third kappa shape index (κ3) is 4.25. The predicted octanol–water partition coefficient (Wildman–Crippen LogP) is 2.27. The molecule has 0 fully saturated rings. The van der Waals surface area contributed by atoms with Gasteiger partial charge in [0.15, 0.2) is 5.84 Å². The Balaban J connectivity index is 3.27. The van der Waals surface area contributed by atoms with E-state index in [1.807, 2.05) is 11.8 Å². The lowest BCUT2D eigenvalue weighted by Crippen LogP contribution is -2.28. The van der Waals surface area contributed by atoms with Crippen LogP contribution in [-0.4, -0.2) is 37.8 Å². The molecule has 1 aromatic rings. The van der Waals surface area contributed by atoms with Gasteiger partial charge in [0.25, 0.3) is 0 Å². The van der Waals surface area contributed by atoms with E-state index in [-0.39, 0.29) is 5.56 Å². The van der Waals surface area contributed by atoms with Gasteiger partial charge in [-0.3, -0.25) is 0 Å². The van der Waals surface area contributed by atoms with Gasteiger partial charge in [-0.15, -0.1) is 0 Å². The maximum absolute atomic E-state index is 12.9. The summed E-state index contributed by atoms with van der Waals surface area (Å²) in [6.45, 7) is 3.42. The molecule has 5 nitrogen and oxygen atoms in total. The Kier molecular flexibility index (Phi) is 5.83.